The average Bonchev–Trinajstić information content (AvgIpc) is 3.16. The maximum atomic E-state index is 5.33. The zero-order chi connectivity index (χ0) is 19.1. The monoisotopic (exact) mass is 391 g/mol. The summed E-state index contributed by atoms with van der Waals surface area (Å²) in [5.41, 5.74) is 3.91. The van der Waals surface area contributed by atoms with E-state index in [2.05, 4.69) is 15.9 Å². The fourth-order valence-electron chi connectivity index (χ4n) is 3.64. The van der Waals surface area contributed by atoms with E-state index in [1.165, 1.54) is 0 Å². The van der Waals surface area contributed by atoms with E-state index in [0.29, 0.717) is 0 Å². The topological polar surface area (TPSA) is 54.4 Å². The molecule has 1 aliphatic heterocycles. The number of piperazine rings is 1. The van der Waals surface area contributed by atoms with E-state index in [1.54, 1.807) is 18.4 Å². The van der Waals surface area contributed by atoms with Gasteiger partial charge in [-0.15, -0.1) is 0 Å². The maximum Gasteiger partial charge on any atom is 0.186 e. The molecule has 1 aliphatic rings. The summed E-state index contributed by atoms with van der Waals surface area (Å²) < 4.78 is 6.49. The van der Waals surface area contributed by atoms with E-state index < -0.39 is 0 Å². The van der Waals surface area contributed by atoms with Crippen molar-refractivity contribution in [2.45, 2.75) is 6.92 Å². The number of aryl methyl sites for hydroxylation is 1. The lowest BCUT2D eigenvalue weighted by molar-refractivity contribution is 0.415. The first-order valence-corrected chi connectivity index (χ1v) is 10.2. The van der Waals surface area contributed by atoms with Gasteiger partial charge in [-0.25, -0.2) is 15.0 Å². The molecule has 0 unspecified atom stereocenters. The summed E-state index contributed by atoms with van der Waals surface area (Å²) in [4.78, 5) is 19.1. The highest BCUT2D eigenvalue weighted by Crippen LogP contribution is 2.32. The van der Waals surface area contributed by atoms with E-state index in [1.807, 2.05) is 43.3 Å². The largest absolute Gasteiger partial charge is 0.497 e. The van der Waals surface area contributed by atoms with Crippen molar-refractivity contribution >= 4 is 43.5 Å². The van der Waals surface area contributed by atoms with E-state index in [9.17, 15) is 0 Å². The molecule has 0 aliphatic carbocycles. The van der Waals surface area contributed by atoms with Crippen LogP contribution in [0.25, 0.3) is 21.3 Å². The summed E-state index contributed by atoms with van der Waals surface area (Å²) in [6, 6.07) is 14.1. The number of nitrogens with zero attached hydrogens (tertiary/aromatic N) is 5. The van der Waals surface area contributed by atoms with Crippen molar-refractivity contribution in [3.63, 3.8) is 0 Å². The number of hydrogen-bond acceptors (Lipinski definition) is 7. The van der Waals surface area contributed by atoms with Gasteiger partial charge in [-0.3, -0.25) is 0 Å². The molecule has 0 spiro atoms. The molecule has 1 saturated heterocycles. The van der Waals surface area contributed by atoms with Crippen LogP contribution in [0.4, 0.5) is 10.9 Å². The van der Waals surface area contributed by atoms with Gasteiger partial charge in [-0.05, 0) is 37.3 Å². The van der Waals surface area contributed by atoms with Gasteiger partial charge in [0.15, 0.2) is 10.9 Å². The molecule has 2 aromatic carbocycles. The Morgan fingerprint density at radius 3 is 2.32 bits per heavy atom. The van der Waals surface area contributed by atoms with Crippen LogP contribution in [0.15, 0.2) is 42.5 Å². The highest BCUT2D eigenvalue weighted by molar-refractivity contribution is 7.22. The van der Waals surface area contributed by atoms with Crippen molar-refractivity contribution in [3.05, 3.63) is 48.2 Å². The Hall–Kier alpha value is -2.93. The minimum Gasteiger partial charge on any atom is -0.497 e. The third kappa shape index (κ3) is 3.01. The van der Waals surface area contributed by atoms with Crippen molar-refractivity contribution < 1.29 is 4.74 Å². The Labute approximate surface area is 167 Å². The molecule has 0 saturated carbocycles. The van der Waals surface area contributed by atoms with Crippen LogP contribution >= 0.6 is 11.3 Å². The van der Waals surface area contributed by atoms with Crippen LogP contribution in [-0.4, -0.2) is 48.2 Å². The molecular weight excluding hydrogens is 370 g/mol. The number of thiazole rings is 1. The number of hydrogen-bond donors (Lipinski definition) is 0. The quantitative estimate of drug-likeness (QED) is 0.528. The van der Waals surface area contributed by atoms with E-state index in [-0.39, 0.29) is 0 Å². The van der Waals surface area contributed by atoms with Crippen LogP contribution in [0.5, 0.6) is 5.75 Å². The van der Waals surface area contributed by atoms with Crippen molar-refractivity contribution in [2.24, 2.45) is 0 Å². The minimum absolute atomic E-state index is 0.873. The predicted octanol–water partition coefficient (Wildman–Crippen LogP) is 3.88. The van der Waals surface area contributed by atoms with Gasteiger partial charge >= 0.3 is 0 Å². The number of benzene rings is 2. The van der Waals surface area contributed by atoms with Crippen molar-refractivity contribution in [1.82, 2.24) is 15.0 Å². The third-order valence-corrected chi connectivity index (χ3v) is 6.23. The SMILES string of the molecule is COc1ccc2nc(N3CCN(c4nc5ccccc5nc4C)CC3)sc2c1. The van der Waals surface area contributed by atoms with Crippen molar-refractivity contribution in [3.8, 4) is 5.75 Å². The molecule has 0 bridgehead atoms. The summed E-state index contributed by atoms with van der Waals surface area (Å²) in [6.07, 6.45) is 0. The highest BCUT2D eigenvalue weighted by Gasteiger charge is 2.22. The van der Waals surface area contributed by atoms with Crippen LogP contribution in [0.2, 0.25) is 0 Å². The van der Waals surface area contributed by atoms with Gasteiger partial charge < -0.3 is 14.5 Å². The fraction of sp³-hybridized carbons (Fsp3) is 0.286. The molecule has 4 aromatic rings. The van der Waals surface area contributed by atoms with Gasteiger partial charge in [-0.1, -0.05) is 23.5 Å². The third-order valence-electron chi connectivity index (χ3n) is 5.15. The number of fused-ring (bicyclic) bond motifs is 2. The number of aromatic nitrogens is 3. The number of para-hydroxylation sites is 2. The lowest BCUT2D eigenvalue weighted by atomic mass is 10.2. The molecule has 0 amide bonds. The van der Waals surface area contributed by atoms with Gasteiger partial charge in [0, 0.05) is 26.2 Å². The summed E-state index contributed by atoms with van der Waals surface area (Å²) in [7, 11) is 1.69. The summed E-state index contributed by atoms with van der Waals surface area (Å²) in [6.45, 7) is 5.71. The average molecular weight is 392 g/mol. The number of anilines is 2. The highest BCUT2D eigenvalue weighted by atomic mass is 32.1. The van der Waals surface area contributed by atoms with Gasteiger partial charge in [0.05, 0.1) is 34.1 Å². The van der Waals surface area contributed by atoms with Crippen LogP contribution in [0.1, 0.15) is 5.69 Å². The lowest BCUT2D eigenvalue weighted by Crippen LogP contribution is -2.47. The maximum absolute atomic E-state index is 5.33. The number of rotatable bonds is 3. The Morgan fingerprint density at radius 2 is 1.57 bits per heavy atom. The van der Waals surface area contributed by atoms with Gasteiger partial charge in [0.25, 0.3) is 0 Å². The minimum atomic E-state index is 0.873. The molecule has 7 heteroatoms. The second kappa shape index (κ2) is 6.91. The van der Waals surface area contributed by atoms with Crippen LogP contribution < -0.4 is 14.5 Å². The summed E-state index contributed by atoms with van der Waals surface area (Å²) in [5.74, 6) is 1.87. The standard InChI is InChI=1S/C21H21N5OS/c1-14-20(23-17-6-4-3-5-16(17)22-14)25-9-11-26(12-10-25)21-24-18-8-7-15(27-2)13-19(18)28-21/h3-8,13H,9-12H2,1-2H3. The Bertz CT molecular complexity index is 1150. The smallest absolute Gasteiger partial charge is 0.186 e. The first kappa shape index (κ1) is 17.2. The van der Waals surface area contributed by atoms with E-state index in [4.69, 9.17) is 19.7 Å². The molecule has 0 radical (unpaired) electrons. The van der Waals surface area contributed by atoms with E-state index in [0.717, 1.165) is 69.8 Å². The van der Waals surface area contributed by atoms with Crippen molar-refractivity contribution in [1.29, 1.82) is 0 Å². The summed E-state index contributed by atoms with van der Waals surface area (Å²) in [5, 5.41) is 1.07. The molecule has 6 nitrogen and oxygen atoms in total. The normalized spacial score (nSPS) is 14.8. The van der Waals surface area contributed by atoms with Crippen LogP contribution in [0, 0.1) is 6.92 Å². The first-order valence-electron chi connectivity index (χ1n) is 9.39. The van der Waals surface area contributed by atoms with E-state index >= 15 is 0 Å². The molecule has 28 heavy (non-hydrogen) atoms. The Morgan fingerprint density at radius 1 is 0.857 bits per heavy atom. The molecule has 2 aromatic heterocycles. The van der Waals surface area contributed by atoms with Gasteiger partial charge in [-0.2, -0.15) is 0 Å². The number of ether oxygens (including phenoxy) is 1. The fourth-order valence-corrected chi connectivity index (χ4v) is 4.69. The second-order valence-corrected chi connectivity index (χ2v) is 7.93. The molecule has 5 rings (SSSR count). The molecular formula is C21H21N5OS. The van der Waals surface area contributed by atoms with Gasteiger partial charge in [0.1, 0.15) is 5.75 Å². The lowest BCUT2D eigenvalue weighted by Gasteiger charge is -2.35. The molecule has 142 valence electrons. The van der Waals surface area contributed by atoms with Crippen molar-refractivity contribution in [2.75, 3.05) is 43.1 Å². The summed E-state index contributed by atoms with van der Waals surface area (Å²) >= 11 is 1.72. The van der Waals surface area contributed by atoms with Crippen LogP contribution in [0.3, 0.4) is 0 Å². The Kier molecular flexibility index (Phi) is 4.24. The van der Waals surface area contributed by atoms with Gasteiger partial charge in [0.2, 0.25) is 0 Å². The zero-order valence-corrected chi connectivity index (χ0v) is 16.7. The van der Waals surface area contributed by atoms with Crippen LogP contribution in [-0.2, 0) is 0 Å². The molecule has 0 atom stereocenters. The Balaban J connectivity index is 1.36. The molecule has 3 heterocycles. The molecule has 0 N–H and O–H groups in total. The second-order valence-electron chi connectivity index (χ2n) is 6.93. The zero-order valence-electron chi connectivity index (χ0n) is 15.9. The predicted molar refractivity (Wildman–Crippen MR) is 115 cm³/mol. The first-order chi connectivity index (χ1) is 13.7. The number of methoxy groups -OCH3 is 1. The molecule has 1 fully saturated rings.